The van der Waals surface area contributed by atoms with Crippen LogP contribution in [0.4, 0.5) is 22.0 Å². The SMILES string of the molecule is CCCC[C@H]1C(=O)N[C@@H]([C@@H](C)CC)C(=O)N(C)CC(=O)N(C)[C@H]2C/C=C\CCN(C2=O)[C@@H](CC2CCC(C(F)(F)F)CC2)C(=O)N(C)CC(=O)N[C@@H](CCC2CC(F)C(Cl)C(F)C2)C(=O)N2C[C@H](OCC)C[C@H]2C(=O)NC2(CC(C)(C)C2)C(=O)N(C)[C@@H](C2CCCC2)C(=O)N(C)[C@H](C(=O)N(C)C)CC(=O)N1C. The minimum Gasteiger partial charge on any atom is -0.377 e. The minimum atomic E-state index is -4.47. The fraction of sp³-hybridized carbons (Fsp3) is 0.816. The number of unbranched alkanes of at least 4 members (excludes halogenated alkanes) is 1. The van der Waals surface area contributed by atoms with Gasteiger partial charge in [0.05, 0.1) is 36.9 Å². The molecule has 3 N–H and O–H groups in total. The molecule has 107 heavy (non-hydrogen) atoms. The summed E-state index contributed by atoms with van der Waals surface area (Å²) in [6.07, 6.45) is -2.86. The molecule has 12 atom stereocenters. The average Bonchev–Trinajstić information content (AvgIpc) is 1.38. The zero-order valence-corrected chi connectivity index (χ0v) is 66.1. The van der Waals surface area contributed by atoms with E-state index in [9.17, 15) is 41.9 Å². The summed E-state index contributed by atoms with van der Waals surface area (Å²) in [6, 6.07) is -10.8. The van der Waals surface area contributed by atoms with E-state index in [0.717, 1.165) is 14.7 Å². The summed E-state index contributed by atoms with van der Waals surface area (Å²) in [6.45, 7) is 9.43. The van der Waals surface area contributed by atoms with E-state index in [-0.39, 0.29) is 116 Å². The van der Waals surface area contributed by atoms with E-state index in [2.05, 4.69) is 16.0 Å². The molecule has 6 fully saturated rings. The van der Waals surface area contributed by atoms with Crippen LogP contribution in [0, 0.1) is 35.0 Å². The molecule has 0 radical (unpaired) electrons. The molecular formula is C76H120ClF5N12O13. The first-order valence-electron chi connectivity index (χ1n) is 38.8. The van der Waals surface area contributed by atoms with E-state index in [1.54, 1.807) is 32.9 Å². The Morgan fingerprint density at radius 3 is 1.89 bits per heavy atom. The number of halogens is 6. The Balaban J connectivity index is 1.33. The smallest absolute Gasteiger partial charge is 0.377 e. The molecule has 3 aliphatic heterocycles. The van der Waals surface area contributed by atoms with E-state index in [0.29, 0.717) is 44.9 Å². The third-order valence-corrected chi connectivity index (χ3v) is 24.5. The van der Waals surface area contributed by atoms with Gasteiger partial charge in [-0.1, -0.05) is 78.9 Å². The van der Waals surface area contributed by atoms with Crippen molar-refractivity contribution in [2.75, 3.05) is 89.2 Å². The summed E-state index contributed by atoms with van der Waals surface area (Å²) < 4.78 is 79.2. The van der Waals surface area contributed by atoms with E-state index in [1.807, 2.05) is 20.8 Å². The number of fused-ring (bicyclic) bond motifs is 3. The molecule has 7 aliphatic rings. The number of ether oxygens (including phenoxy) is 1. The van der Waals surface area contributed by atoms with E-state index in [1.165, 1.54) is 85.8 Å². The van der Waals surface area contributed by atoms with Gasteiger partial charge < -0.3 is 64.8 Å². The summed E-state index contributed by atoms with van der Waals surface area (Å²) in [5, 5.41) is 7.29. The molecule has 1 spiro atoms. The molecule has 0 aromatic heterocycles. The van der Waals surface area contributed by atoms with Gasteiger partial charge in [-0.2, -0.15) is 13.2 Å². The van der Waals surface area contributed by atoms with E-state index < -0.39 is 209 Å². The largest absolute Gasteiger partial charge is 0.391 e. The summed E-state index contributed by atoms with van der Waals surface area (Å²) in [7, 11) is 11.2. The lowest BCUT2D eigenvalue weighted by atomic mass is 9.58. The van der Waals surface area contributed by atoms with Crippen molar-refractivity contribution >= 4 is 82.5 Å². The monoisotopic (exact) mass is 1540 g/mol. The highest BCUT2D eigenvalue weighted by atomic mass is 35.5. The van der Waals surface area contributed by atoms with Gasteiger partial charge in [0.1, 0.15) is 66.2 Å². The van der Waals surface area contributed by atoms with E-state index >= 15 is 37.5 Å². The van der Waals surface area contributed by atoms with Crippen LogP contribution in [0.25, 0.3) is 0 Å². The zero-order chi connectivity index (χ0) is 79.5. The molecule has 2 bridgehead atoms. The van der Waals surface area contributed by atoms with Crippen molar-refractivity contribution in [1.29, 1.82) is 0 Å². The normalized spacial score (nSPS) is 32.4. The van der Waals surface area contributed by atoms with Crippen molar-refractivity contribution in [3.05, 3.63) is 12.2 Å². The number of nitrogens with one attached hydrogen (secondary N) is 3. The molecule has 0 aromatic carbocycles. The molecule has 604 valence electrons. The van der Waals surface area contributed by atoms with Crippen LogP contribution in [0.5, 0.6) is 0 Å². The molecule has 12 amide bonds. The lowest BCUT2D eigenvalue weighted by Gasteiger charge is -2.54. The van der Waals surface area contributed by atoms with Crippen molar-refractivity contribution in [2.45, 2.75) is 273 Å². The van der Waals surface area contributed by atoms with Gasteiger partial charge >= 0.3 is 6.18 Å². The maximum absolute atomic E-state index is 15.8. The average molecular weight is 1540 g/mol. The quantitative estimate of drug-likeness (QED) is 0.0945. The summed E-state index contributed by atoms with van der Waals surface area (Å²) in [5.41, 5.74) is -2.23. The third kappa shape index (κ3) is 21.5. The van der Waals surface area contributed by atoms with E-state index in [4.69, 9.17) is 16.3 Å². The van der Waals surface area contributed by atoms with Crippen molar-refractivity contribution in [3.63, 3.8) is 0 Å². The molecule has 3 heterocycles. The van der Waals surface area contributed by atoms with Gasteiger partial charge in [0.2, 0.25) is 70.9 Å². The van der Waals surface area contributed by atoms with Crippen LogP contribution in [0.1, 0.15) is 189 Å². The van der Waals surface area contributed by atoms with Gasteiger partial charge in [0.15, 0.2) is 0 Å². The van der Waals surface area contributed by atoms with Gasteiger partial charge in [-0.15, -0.1) is 11.6 Å². The Morgan fingerprint density at radius 1 is 0.682 bits per heavy atom. The highest BCUT2D eigenvalue weighted by molar-refractivity contribution is 6.21. The molecule has 2 saturated heterocycles. The van der Waals surface area contributed by atoms with Crippen molar-refractivity contribution < 1.29 is 84.2 Å². The molecule has 25 nitrogen and oxygen atoms in total. The van der Waals surface area contributed by atoms with Crippen molar-refractivity contribution in [2.24, 2.45) is 35.0 Å². The molecule has 4 aliphatic carbocycles. The van der Waals surface area contributed by atoms with Crippen molar-refractivity contribution in [1.82, 2.24) is 60.0 Å². The standard InChI is InChI=1S/C76H120ClF5N12O13/c1-15-18-26-54-65(98)84-63(45(4)16-2)71(104)88(10)42-61(97)90(12)55-27-20-19-23-34-93(70(55)103)58(37-46-28-31-49(32-29-46)76(80,81)82)69(102)87(9)41-59(95)83-53(33-30-47-35-51(78)62(77)52(79)36-47)67(100)94-40-50(107-17-3)38-56(94)66(99)85-75(43-74(5,6)44-75)73(106)92(14)64(48-24-21-22-25-48)72(105)91(13)57(68(101)86(7)8)39-60(96)89(54)11/h19-20,45-58,62-64H,15-18,21-44H2,1-14H3,(H,83,95)(H,84,98)(H,85,99)/b20-19-/t45-,46?,47?,49?,50+,51?,52?,53-,54-,55-,56-,57-,58-,62?,63-,64-/m0/s1. The first-order chi connectivity index (χ1) is 50.2. The second-order valence-electron chi connectivity index (χ2n) is 32.7. The van der Waals surface area contributed by atoms with Crippen LogP contribution in [0.2, 0.25) is 0 Å². The summed E-state index contributed by atoms with van der Waals surface area (Å²) in [5.74, 6) is -12.5. The molecule has 0 aromatic rings. The van der Waals surface area contributed by atoms with Crippen LogP contribution in [0.3, 0.4) is 0 Å². The fourth-order valence-corrected chi connectivity index (χ4v) is 17.7. The zero-order valence-electron chi connectivity index (χ0n) is 65.4. The Hall–Kier alpha value is -6.72. The lowest BCUT2D eigenvalue weighted by Crippen LogP contribution is -2.71. The Kier molecular flexibility index (Phi) is 30.9. The number of hydrogen-bond acceptors (Lipinski definition) is 13. The van der Waals surface area contributed by atoms with Crippen LogP contribution < -0.4 is 16.0 Å². The molecule has 4 saturated carbocycles. The number of carbonyl (C=O) groups is 12. The first kappa shape index (κ1) is 87.5. The maximum Gasteiger partial charge on any atom is 0.391 e. The second kappa shape index (κ2) is 37.8. The maximum atomic E-state index is 15.8. The summed E-state index contributed by atoms with van der Waals surface area (Å²) >= 11 is 6.11. The van der Waals surface area contributed by atoms with Crippen LogP contribution in [-0.2, 0) is 62.3 Å². The summed E-state index contributed by atoms with van der Waals surface area (Å²) in [4.78, 5) is 193. The minimum absolute atomic E-state index is 0.0206. The highest BCUT2D eigenvalue weighted by Crippen LogP contribution is 2.50. The molecule has 2 unspecified atom stereocenters. The molecule has 31 heteroatoms. The van der Waals surface area contributed by atoms with Gasteiger partial charge in [0.25, 0.3) is 0 Å². The number of hydrogen-bond donors (Lipinski definition) is 3. The number of nitrogens with zero attached hydrogens (tertiary/aromatic N) is 9. The number of rotatable bonds is 14. The lowest BCUT2D eigenvalue weighted by molar-refractivity contribution is -0.184. The van der Waals surface area contributed by atoms with Crippen LogP contribution in [-0.4, -0.2) is 288 Å². The first-order valence-corrected chi connectivity index (χ1v) is 39.2. The highest BCUT2D eigenvalue weighted by Gasteiger charge is 2.59. The number of amides is 12. The molecular weight excluding hydrogens is 1420 g/mol. The predicted molar refractivity (Wildman–Crippen MR) is 390 cm³/mol. The van der Waals surface area contributed by atoms with Crippen LogP contribution in [0.15, 0.2) is 12.2 Å². The topological polar surface area (TPSA) is 279 Å². The number of carbonyl (C=O) groups excluding carboxylic acids is 12. The fourth-order valence-electron chi connectivity index (χ4n) is 17.5. The number of likely N-dealkylation sites (N-methyl/N-ethyl adjacent to an activating group) is 7. The van der Waals surface area contributed by atoms with Crippen LogP contribution >= 0.6 is 11.6 Å². The van der Waals surface area contributed by atoms with Gasteiger partial charge in [-0.05, 0) is 139 Å². The Bertz CT molecular complexity index is 3190. The van der Waals surface area contributed by atoms with Crippen molar-refractivity contribution in [3.8, 4) is 0 Å². The van der Waals surface area contributed by atoms with Gasteiger partial charge in [-0.25, -0.2) is 8.78 Å². The third-order valence-electron chi connectivity index (χ3n) is 23.9. The number of alkyl halides is 6. The molecule has 7 rings (SSSR count). The predicted octanol–water partition coefficient (Wildman–Crippen LogP) is 6.56. The van der Waals surface area contributed by atoms with Gasteiger partial charge in [0, 0.05) is 82.5 Å². The second-order valence-corrected chi connectivity index (χ2v) is 33.2. The Morgan fingerprint density at radius 2 is 1.31 bits per heavy atom. The van der Waals surface area contributed by atoms with Gasteiger partial charge in [-0.3, -0.25) is 57.5 Å². The Labute approximate surface area is 633 Å².